The lowest BCUT2D eigenvalue weighted by Crippen LogP contribution is -2.49. The molecule has 0 N–H and O–H groups in total. The topological polar surface area (TPSA) is 109 Å². The number of anilines is 1. The van der Waals surface area contributed by atoms with Crippen LogP contribution in [-0.2, 0) is 17.8 Å². The zero-order valence-corrected chi connectivity index (χ0v) is 22.3. The molecule has 1 amide bonds. The van der Waals surface area contributed by atoms with Gasteiger partial charge in [-0.05, 0) is 60.0 Å². The molecule has 1 aliphatic heterocycles. The van der Waals surface area contributed by atoms with Crippen molar-refractivity contribution in [2.24, 2.45) is 0 Å². The number of ether oxygens (including phenoxy) is 2. The number of nitrogens with zero attached hydrogens (tertiary/aromatic N) is 4. The molecule has 1 saturated heterocycles. The van der Waals surface area contributed by atoms with E-state index in [4.69, 9.17) is 9.47 Å². The molecule has 0 saturated carbocycles. The lowest BCUT2D eigenvalue weighted by molar-refractivity contribution is -0.384. The summed E-state index contributed by atoms with van der Waals surface area (Å²) in [4.78, 5) is 27.6. The van der Waals surface area contributed by atoms with E-state index in [1.165, 1.54) is 19.2 Å². The van der Waals surface area contributed by atoms with Gasteiger partial charge in [0.2, 0.25) is 0 Å². The first-order valence-electron chi connectivity index (χ1n) is 12.8. The molecule has 3 aromatic carbocycles. The molecule has 1 heterocycles. The van der Waals surface area contributed by atoms with Gasteiger partial charge in [0, 0.05) is 49.6 Å². The Labute approximate surface area is 233 Å². The van der Waals surface area contributed by atoms with Crippen LogP contribution in [0.25, 0.3) is 6.08 Å². The Morgan fingerprint density at radius 1 is 1.10 bits per heavy atom. The summed E-state index contributed by atoms with van der Waals surface area (Å²) in [5.74, 6) is 0.631. The maximum Gasteiger partial charge on any atom is 0.269 e. The monoisotopic (exact) mass is 538 g/mol. The van der Waals surface area contributed by atoms with Crippen molar-refractivity contribution in [3.63, 3.8) is 0 Å². The molecule has 204 valence electrons. The van der Waals surface area contributed by atoms with E-state index in [2.05, 4.69) is 17.5 Å². The Bertz CT molecular complexity index is 1440. The maximum absolute atomic E-state index is 13.2. The molecule has 4 rings (SSSR count). The van der Waals surface area contributed by atoms with Crippen LogP contribution in [-0.4, -0.2) is 49.0 Å². The maximum atomic E-state index is 13.2. The summed E-state index contributed by atoms with van der Waals surface area (Å²) in [6, 6.07) is 21.8. The fourth-order valence-electron chi connectivity index (χ4n) is 4.54. The van der Waals surface area contributed by atoms with Gasteiger partial charge in [-0.2, -0.15) is 5.26 Å². The summed E-state index contributed by atoms with van der Waals surface area (Å²) in [6.45, 7) is 6.42. The number of para-hydroxylation sites is 1. The minimum atomic E-state index is -0.451. The van der Waals surface area contributed by atoms with Crippen LogP contribution < -0.4 is 14.4 Å². The Hall–Kier alpha value is -5.10. The molecule has 9 heteroatoms. The van der Waals surface area contributed by atoms with E-state index in [0.717, 1.165) is 16.8 Å². The molecule has 0 unspecified atom stereocenters. The normalized spacial score (nSPS) is 13.3. The highest BCUT2D eigenvalue weighted by atomic mass is 16.6. The number of methoxy groups -OCH3 is 1. The van der Waals surface area contributed by atoms with Gasteiger partial charge in [-0.25, -0.2) is 0 Å². The average Bonchev–Trinajstić information content (AvgIpc) is 2.99. The molecule has 1 fully saturated rings. The van der Waals surface area contributed by atoms with Gasteiger partial charge in [0.25, 0.3) is 11.6 Å². The number of non-ortho nitro benzene ring substituents is 1. The van der Waals surface area contributed by atoms with E-state index in [1.807, 2.05) is 36.4 Å². The van der Waals surface area contributed by atoms with E-state index in [9.17, 15) is 20.2 Å². The number of nitro benzene ring substituents is 1. The first-order chi connectivity index (χ1) is 19.4. The van der Waals surface area contributed by atoms with Crippen molar-refractivity contribution in [1.29, 1.82) is 5.26 Å². The molecule has 0 aliphatic carbocycles. The SMILES string of the molecule is C=CCc1cc(/C=C(/C#N)C(=O)N2CCN(c3ccccc3)CC2)cc(OC)c1OCc1ccc([N+](=O)[O-])cc1. The number of rotatable bonds is 10. The summed E-state index contributed by atoms with van der Waals surface area (Å²) in [5.41, 5.74) is 3.31. The van der Waals surface area contributed by atoms with E-state index in [0.29, 0.717) is 49.7 Å². The van der Waals surface area contributed by atoms with Gasteiger partial charge < -0.3 is 19.3 Å². The second kappa shape index (κ2) is 13.1. The van der Waals surface area contributed by atoms with Gasteiger partial charge in [-0.3, -0.25) is 14.9 Å². The lowest BCUT2D eigenvalue weighted by atomic mass is 10.0. The number of hydrogen-bond donors (Lipinski definition) is 0. The molecule has 9 nitrogen and oxygen atoms in total. The Balaban J connectivity index is 1.51. The minimum absolute atomic E-state index is 0.00531. The van der Waals surface area contributed by atoms with Crippen LogP contribution in [0.2, 0.25) is 0 Å². The van der Waals surface area contributed by atoms with Crippen molar-refractivity contribution in [1.82, 2.24) is 4.90 Å². The second-order valence-corrected chi connectivity index (χ2v) is 9.20. The quantitative estimate of drug-likeness (QED) is 0.115. The summed E-state index contributed by atoms with van der Waals surface area (Å²) in [6.07, 6.45) is 3.76. The van der Waals surface area contributed by atoms with Crippen LogP contribution in [0.4, 0.5) is 11.4 Å². The third-order valence-electron chi connectivity index (χ3n) is 6.62. The second-order valence-electron chi connectivity index (χ2n) is 9.20. The standard InChI is InChI=1S/C31H30N4O5/c1-3-7-25-18-24(20-29(39-2)30(25)40-22-23-10-12-28(13-11-23)35(37)38)19-26(21-32)31(36)34-16-14-33(15-17-34)27-8-5-4-6-9-27/h3-6,8-13,18-20H,1,7,14-17,22H2,2H3/b26-19-. The number of nitro groups is 1. The van der Waals surface area contributed by atoms with Crippen molar-refractivity contribution in [3.8, 4) is 17.6 Å². The molecule has 0 bridgehead atoms. The third-order valence-corrected chi connectivity index (χ3v) is 6.62. The van der Waals surface area contributed by atoms with Gasteiger partial charge in [0.05, 0.1) is 12.0 Å². The van der Waals surface area contributed by atoms with Crippen LogP contribution in [0.3, 0.4) is 0 Å². The van der Waals surface area contributed by atoms with E-state index in [-0.39, 0.29) is 23.8 Å². The zero-order valence-electron chi connectivity index (χ0n) is 22.3. The Kier molecular flexibility index (Phi) is 9.15. The smallest absolute Gasteiger partial charge is 0.269 e. The third kappa shape index (κ3) is 6.66. The molecule has 0 aromatic heterocycles. The predicted molar refractivity (Wildman–Crippen MR) is 153 cm³/mol. The number of hydrogen-bond acceptors (Lipinski definition) is 7. The van der Waals surface area contributed by atoms with Gasteiger partial charge in [0.15, 0.2) is 11.5 Å². The summed E-state index contributed by atoms with van der Waals surface area (Å²) >= 11 is 0. The van der Waals surface area contributed by atoms with Crippen molar-refractivity contribution in [2.45, 2.75) is 13.0 Å². The van der Waals surface area contributed by atoms with Crippen molar-refractivity contribution in [3.05, 3.63) is 112 Å². The van der Waals surface area contributed by atoms with Crippen molar-refractivity contribution < 1.29 is 19.2 Å². The number of carbonyl (C=O) groups excluding carboxylic acids is 1. The first kappa shape index (κ1) is 27.9. The number of benzene rings is 3. The molecule has 1 aliphatic rings. The zero-order chi connectivity index (χ0) is 28.5. The highest BCUT2D eigenvalue weighted by Gasteiger charge is 2.24. The fraction of sp³-hybridized carbons (Fsp3) is 0.226. The van der Waals surface area contributed by atoms with Crippen molar-refractivity contribution >= 4 is 23.4 Å². The van der Waals surface area contributed by atoms with Gasteiger partial charge in [0.1, 0.15) is 18.2 Å². The van der Waals surface area contributed by atoms with Gasteiger partial charge in [-0.1, -0.05) is 24.3 Å². The van der Waals surface area contributed by atoms with Crippen LogP contribution in [0, 0.1) is 21.4 Å². The van der Waals surface area contributed by atoms with Crippen molar-refractivity contribution in [2.75, 3.05) is 38.2 Å². The number of carbonyl (C=O) groups is 1. The van der Waals surface area contributed by atoms with E-state index < -0.39 is 4.92 Å². The van der Waals surface area contributed by atoms with E-state index >= 15 is 0 Å². The van der Waals surface area contributed by atoms with Crippen LogP contribution in [0.15, 0.2) is 85.0 Å². The average molecular weight is 539 g/mol. The molecule has 40 heavy (non-hydrogen) atoms. The summed E-state index contributed by atoms with van der Waals surface area (Å²) in [5, 5.41) is 20.8. The number of piperazine rings is 1. The molecular formula is C31H30N4O5. The van der Waals surface area contributed by atoms with Gasteiger partial charge >= 0.3 is 0 Å². The van der Waals surface area contributed by atoms with E-state index in [1.54, 1.807) is 35.3 Å². The lowest BCUT2D eigenvalue weighted by Gasteiger charge is -2.36. The summed E-state index contributed by atoms with van der Waals surface area (Å²) < 4.78 is 11.7. The number of allylic oxidation sites excluding steroid dienone is 1. The first-order valence-corrected chi connectivity index (χ1v) is 12.8. The molecule has 3 aromatic rings. The highest BCUT2D eigenvalue weighted by molar-refractivity contribution is 6.02. The Morgan fingerprint density at radius 2 is 1.80 bits per heavy atom. The van der Waals surface area contributed by atoms with Crippen LogP contribution in [0.1, 0.15) is 16.7 Å². The van der Waals surface area contributed by atoms with Crippen LogP contribution in [0.5, 0.6) is 11.5 Å². The largest absolute Gasteiger partial charge is 0.493 e. The summed E-state index contributed by atoms with van der Waals surface area (Å²) in [7, 11) is 1.52. The fourth-order valence-corrected chi connectivity index (χ4v) is 4.54. The molecule has 0 spiro atoms. The molecule has 0 atom stereocenters. The van der Waals surface area contributed by atoms with Gasteiger partial charge in [-0.15, -0.1) is 6.58 Å². The molecule has 0 radical (unpaired) electrons. The van der Waals surface area contributed by atoms with Crippen LogP contribution >= 0.6 is 0 Å². The Morgan fingerprint density at radius 3 is 2.40 bits per heavy atom. The highest BCUT2D eigenvalue weighted by Crippen LogP contribution is 2.35. The predicted octanol–water partition coefficient (Wildman–Crippen LogP) is 5.17. The number of nitriles is 1. The minimum Gasteiger partial charge on any atom is -0.493 e. The number of amides is 1. The molecular weight excluding hydrogens is 508 g/mol.